The number of piperazine rings is 1. The summed E-state index contributed by atoms with van der Waals surface area (Å²) in [4.78, 5) is 60.8. The first-order valence-corrected chi connectivity index (χ1v) is 18.9. The van der Waals surface area contributed by atoms with Crippen molar-refractivity contribution in [3.05, 3.63) is 88.7 Å². The van der Waals surface area contributed by atoms with Crippen LogP contribution in [0.1, 0.15) is 89.4 Å². The molecule has 3 aliphatic heterocycles. The number of aromatic nitrogens is 3. The molecule has 53 heavy (non-hydrogen) atoms. The molecule has 1 unspecified atom stereocenters. The van der Waals surface area contributed by atoms with E-state index in [0.29, 0.717) is 30.1 Å². The topological polar surface area (TPSA) is 149 Å². The number of imide groups is 1. The lowest BCUT2D eigenvalue weighted by Gasteiger charge is -2.36. The van der Waals surface area contributed by atoms with Gasteiger partial charge >= 0.3 is 0 Å². The van der Waals surface area contributed by atoms with Crippen molar-refractivity contribution < 1.29 is 19.2 Å². The molecule has 1 atom stereocenters. The average Bonchev–Trinajstić information content (AvgIpc) is 3.93. The zero-order valence-corrected chi connectivity index (χ0v) is 30.7. The molecule has 0 spiro atoms. The number of benzene rings is 2. The summed E-state index contributed by atoms with van der Waals surface area (Å²) >= 11 is 0. The van der Waals surface area contributed by atoms with Gasteiger partial charge in [0.1, 0.15) is 11.9 Å². The Labute approximate surface area is 310 Å². The fourth-order valence-corrected chi connectivity index (χ4v) is 7.89. The highest BCUT2D eigenvalue weighted by molar-refractivity contribution is 6.05. The summed E-state index contributed by atoms with van der Waals surface area (Å²) < 4.78 is 1.91. The van der Waals surface area contributed by atoms with Crippen LogP contribution in [0.15, 0.2) is 60.8 Å². The van der Waals surface area contributed by atoms with E-state index >= 15 is 0 Å². The highest BCUT2D eigenvalue weighted by atomic mass is 16.2. The van der Waals surface area contributed by atoms with E-state index in [9.17, 15) is 19.2 Å². The minimum Gasteiger partial charge on any atom is -0.369 e. The van der Waals surface area contributed by atoms with Gasteiger partial charge < -0.3 is 20.9 Å². The number of nitrogens with two attached hydrogens (primary N) is 1. The Balaban J connectivity index is 0.000000202. The summed E-state index contributed by atoms with van der Waals surface area (Å²) in [5.41, 5.74) is 11.7. The van der Waals surface area contributed by atoms with Crippen molar-refractivity contribution in [1.29, 1.82) is 0 Å². The number of amides is 4. The number of carbonyl (C=O) groups is 4. The molecule has 0 bridgehead atoms. The minimum atomic E-state index is -0.582. The van der Waals surface area contributed by atoms with Gasteiger partial charge in [-0.15, -0.1) is 0 Å². The number of nitrogens with one attached hydrogen (secondary N) is 1. The third kappa shape index (κ3) is 7.90. The Bertz CT molecular complexity index is 1980. The Morgan fingerprint density at radius 2 is 1.70 bits per heavy atom. The molecule has 1 saturated carbocycles. The van der Waals surface area contributed by atoms with E-state index in [4.69, 9.17) is 5.73 Å². The molecule has 5 heterocycles. The first-order valence-electron chi connectivity index (χ1n) is 18.9. The van der Waals surface area contributed by atoms with Gasteiger partial charge in [-0.3, -0.25) is 29.0 Å². The van der Waals surface area contributed by atoms with Crippen LogP contribution in [0.2, 0.25) is 0 Å². The maximum absolute atomic E-state index is 13.0. The number of hydrogen-bond donors (Lipinski definition) is 2. The quantitative estimate of drug-likeness (QED) is 0.242. The van der Waals surface area contributed by atoms with E-state index in [1.54, 1.807) is 17.0 Å². The van der Waals surface area contributed by atoms with E-state index in [2.05, 4.69) is 44.3 Å². The van der Waals surface area contributed by atoms with Gasteiger partial charge in [-0.25, -0.2) is 4.98 Å². The van der Waals surface area contributed by atoms with E-state index in [-0.39, 0.29) is 24.1 Å². The van der Waals surface area contributed by atoms with Crippen molar-refractivity contribution in [3.63, 3.8) is 0 Å². The molecular formula is C40H49N9O4. The molecule has 13 heteroatoms. The number of carbonyl (C=O) groups excluding carboxylic acids is 4. The van der Waals surface area contributed by atoms with Crippen molar-refractivity contribution in [2.45, 2.75) is 83.5 Å². The summed E-state index contributed by atoms with van der Waals surface area (Å²) in [7, 11) is 1.48. The van der Waals surface area contributed by atoms with Crippen molar-refractivity contribution >= 4 is 40.8 Å². The third-order valence-electron chi connectivity index (χ3n) is 10.9. The zero-order chi connectivity index (χ0) is 37.1. The second kappa shape index (κ2) is 15.7. The van der Waals surface area contributed by atoms with Crippen molar-refractivity contribution in [2.75, 3.05) is 43.4 Å². The number of hydrogen-bond acceptors (Lipinski definition) is 9. The molecule has 2 aromatic carbocycles. The third-order valence-corrected chi connectivity index (χ3v) is 10.9. The second-order valence-electron chi connectivity index (χ2n) is 14.6. The fourth-order valence-electron chi connectivity index (χ4n) is 7.89. The molecule has 2 saturated heterocycles. The number of rotatable bonds is 9. The van der Waals surface area contributed by atoms with Crippen LogP contribution < -0.4 is 16.0 Å². The Hall–Kier alpha value is -5.30. The lowest BCUT2D eigenvalue weighted by Crippen LogP contribution is -2.53. The van der Waals surface area contributed by atoms with Crippen LogP contribution in [0, 0.1) is 0 Å². The van der Waals surface area contributed by atoms with E-state index in [1.807, 2.05) is 41.0 Å². The number of nitrogens with zero attached hydrogens (tertiary/aromatic N) is 7. The molecule has 4 aromatic rings. The van der Waals surface area contributed by atoms with Gasteiger partial charge in [0, 0.05) is 93.4 Å². The Kier molecular flexibility index (Phi) is 10.7. The smallest absolute Gasteiger partial charge is 0.255 e. The molecule has 278 valence electrons. The van der Waals surface area contributed by atoms with Crippen molar-refractivity contribution in [1.82, 2.24) is 29.3 Å². The largest absolute Gasteiger partial charge is 0.369 e. The predicted molar refractivity (Wildman–Crippen MR) is 202 cm³/mol. The molecule has 4 amide bonds. The van der Waals surface area contributed by atoms with Gasteiger partial charge in [-0.1, -0.05) is 38.3 Å². The first kappa shape index (κ1) is 36.1. The number of anilines is 2. The highest BCUT2D eigenvalue weighted by Crippen LogP contribution is 2.32. The number of piperidine rings is 1. The molecule has 3 N–H and O–H groups in total. The van der Waals surface area contributed by atoms with E-state index in [1.165, 1.54) is 32.7 Å². The normalized spacial score (nSPS) is 19.5. The lowest BCUT2D eigenvalue weighted by molar-refractivity contribution is -0.150. The van der Waals surface area contributed by atoms with Crippen LogP contribution in [0.25, 0.3) is 5.65 Å². The van der Waals surface area contributed by atoms with Crippen LogP contribution in [0.3, 0.4) is 0 Å². The maximum Gasteiger partial charge on any atom is 0.255 e. The number of primary amides is 1. The molecular weight excluding hydrogens is 670 g/mol. The minimum absolute atomic E-state index is 0.139. The van der Waals surface area contributed by atoms with Crippen LogP contribution in [0.5, 0.6) is 0 Å². The van der Waals surface area contributed by atoms with Gasteiger partial charge in [0.2, 0.25) is 11.8 Å². The number of likely N-dealkylation sites (N-methyl/N-ethyl adjacent to an activating group) is 1. The van der Waals surface area contributed by atoms with Gasteiger partial charge in [-0.05, 0) is 67.1 Å². The van der Waals surface area contributed by atoms with Gasteiger partial charge in [-0.2, -0.15) is 9.61 Å². The summed E-state index contributed by atoms with van der Waals surface area (Å²) in [5, 5.41) is 7.98. The number of fused-ring (bicyclic) bond motifs is 2. The van der Waals surface area contributed by atoms with E-state index < -0.39 is 11.9 Å². The van der Waals surface area contributed by atoms with Gasteiger partial charge in [0.15, 0.2) is 5.65 Å². The van der Waals surface area contributed by atoms with Crippen LogP contribution in [-0.4, -0.2) is 98.2 Å². The fraction of sp³-hybridized carbons (Fsp3) is 0.450. The SMILES string of the molecule is CCCc1cc(NC2CCCC2)n2nccc2n1.CN1C(=O)CCC(N2Cc3cc(N4CCN(Cc5ccc(C(N)=O)cc5)CC4)ccc3C2=O)C1=O. The summed E-state index contributed by atoms with van der Waals surface area (Å²) in [6, 6.07) is 17.5. The number of likely N-dealkylation sites (tertiary alicyclic amines) is 1. The van der Waals surface area contributed by atoms with Crippen LogP contribution in [-0.2, 0) is 29.1 Å². The molecule has 3 fully saturated rings. The maximum atomic E-state index is 13.0. The molecule has 1 aliphatic carbocycles. The van der Waals surface area contributed by atoms with Crippen LogP contribution >= 0.6 is 0 Å². The summed E-state index contributed by atoms with van der Waals surface area (Å²) in [6.45, 7) is 6.92. The molecule has 4 aliphatic rings. The molecule has 0 radical (unpaired) electrons. The summed E-state index contributed by atoms with van der Waals surface area (Å²) in [6.07, 6.45) is 9.85. The van der Waals surface area contributed by atoms with Gasteiger partial charge in [0.05, 0.1) is 6.20 Å². The monoisotopic (exact) mass is 719 g/mol. The highest BCUT2D eigenvalue weighted by Gasteiger charge is 2.41. The Morgan fingerprint density at radius 1 is 0.943 bits per heavy atom. The lowest BCUT2D eigenvalue weighted by atomic mass is 10.0. The van der Waals surface area contributed by atoms with Crippen molar-refractivity contribution in [3.8, 4) is 0 Å². The first-order chi connectivity index (χ1) is 25.7. The number of aryl methyl sites for hydroxylation is 1. The Morgan fingerprint density at radius 3 is 2.42 bits per heavy atom. The second-order valence-corrected chi connectivity index (χ2v) is 14.6. The van der Waals surface area contributed by atoms with Crippen molar-refractivity contribution in [2.24, 2.45) is 5.73 Å². The molecule has 2 aromatic heterocycles. The zero-order valence-electron chi connectivity index (χ0n) is 30.7. The van der Waals surface area contributed by atoms with Crippen LogP contribution in [0.4, 0.5) is 11.5 Å². The average molecular weight is 720 g/mol. The van der Waals surface area contributed by atoms with Gasteiger partial charge in [0.25, 0.3) is 11.8 Å². The van der Waals surface area contributed by atoms with E-state index in [0.717, 1.165) is 84.4 Å². The summed E-state index contributed by atoms with van der Waals surface area (Å²) in [5.74, 6) is 0.0415. The predicted octanol–water partition coefficient (Wildman–Crippen LogP) is 4.25. The standard InChI is InChI=1S/C26H29N5O4.C14H20N4/c1-28-23(32)9-8-22(26(28)35)31-16-19-14-20(6-7-21(19)25(31)34)30-12-10-29(11-13-30)15-17-2-4-18(5-3-17)24(27)33;1-2-5-12-10-14(16-11-6-3-4-7-11)18-13(17-12)8-9-15-18/h2-7,14,22H,8-13,15-16H2,1H3,(H2,27,33);8-11,16H,2-7H2,1H3. The molecule has 8 rings (SSSR count). The molecule has 13 nitrogen and oxygen atoms in total.